The summed E-state index contributed by atoms with van der Waals surface area (Å²) in [4.78, 5) is 39.9. The standard InChI is InChI=1S/C28H24ClNO6/c1-3-36-28(34)19-11-9-17(10-12-19)16-30-24(18-7-5-4-6-8-18)23(26(32)27(30)33)25(31)21-15-20(29)13-14-22(21)35-2/h4-15,24,31H,3,16H2,1-2H3/b25-23+. The Bertz CT molecular complexity index is 1330. The second-order valence-corrected chi connectivity index (χ2v) is 8.54. The summed E-state index contributed by atoms with van der Waals surface area (Å²) in [5.41, 5.74) is 1.89. The number of esters is 1. The minimum absolute atomic E-state index is 0.0603. The molecular formula is C28H24ClNO6. The average Bonchev–Trinajstić information content (AvgIpc) is 3.14. The molecule has 0 spiro atoms. The Balaban J connectivity index is 1.79. The molecule has 3 aromatic rings. The van der Waals surface area contributed by atoms with Crippen LogP contribution in [0.4, 0.5) is 0 Å². The number of amides is 1. The van der Waals surface area contributed by atoms with Gasteiger partial charge in [-0.1, -0.05) is 54.1 Å². The van der Waals surface area contributed by atoms with Crippen LogP contribution in [-0.4, -0.2) is 41.4 Å². The van der Waals surface area contributed by atoms with Gasteiger partial charge in [0.25, 0.3) is 11.7 Å². The van der Waals surface area contributed by atoms with E-state index in [9.17, 15) is 19.5 Å². The van der Waals surface area contributed by atoms with Gasteiger partial charge in [0.05, 0.1) is 36.5 Å². The number of benzene rings is 3. The zero-order valence-electron chi connectivity index (χ0n) is 19.7. The van der Waals surface area contributed by atoms with Gasteiger partial charge in [-0.25, -0.2) is 4.79 Å². The first kappa shape index (κ1) is 25.0. The van der Waals surface area contributed by atoms with Gasteiger partial charge in [0.15, 0.2) is 0 Å². The number of rotatable bonds is 7. The highest BCUT2D eigenvalue weighted by molar-refractivity contribution is 6.46. The summed E-state index contributed by atoms with van der Waals surface area (Å²) in [6.45, 7) is 2.07. The summed E-state index contributed by atoms with van der Waals surface area (Å²) in [6.07, 6.45) is 0. The Hall–Kier alpha value is -4.10. The van der Waals surface area contributed by atoms with Gasteiger partial charge in [0, 0.05) is 11.6 Å². The Morgan fingerprint density at radius 3 is 2.36 bits per heavy atom. The number of ketones is 1. The van der Waals surface area contributed by atoms with Crippen molar-refractivity contribution in [1.29, 1.82) is 0 Å². The number of carbonyl (C=O) groups excluding carboxylic acids is 3. The molecule has 8 heteroatoms. The molecule has 1 unspecified atom stereocenters. The van der Waals surface area contributed by atoms with Crippen LogP contribution >= 0.6 is 11.6 Å². The first-order valence-electron chi connectivity index (χ1n) is 11.3. The van der Waals surface area contributed by atoms with Crippen LogP contribution in [0.3, 0.4) is 0 Å². The van der Waals surface area contributed by atoms with E-state index in [4.69, 9.17) is 21.1 Å². The lowest BCUT2D eigenvalue weighted by atomic mass is 9.95. The Kier molecular flexibility index (Phi) is 7.41. The van der Waals surface area contributed by atoms with Crippen molar-refractivity contribution in [3.05, 3.63) is 106 Å². The lowest BCUT2D eigenvalue weighted by molar-refractivity contribution is -0.140. The third-order valence-electron chi connectivity index (χ3n) is 5.89. The van der Waals surface area contributed by atoms with Crippen LogP contribution in [0.15, 0.2) is 78.4 Å². The number of carbonyl (C=O) groups is 3. The van der Waals surface area contributed by atoms with E-state index >= 15 is 0 Å². The molecule has 3 aromatic carbocycles. The molecule has 1 aliphatic heterocycles. The first-order chi connectivity index (χ1) is 17.3. The van der Waals surface area contributed by atoms with Gasteiger partial charge in [-0.3, -0.25) is 9.59 Å². The van der Waals surface area contributed by atoms with E-state index in [1.165, 1.54) is 18.1 Å². The van der Waals surface area contributed by atoms with E-state index in [-0.39, 0.29) is 30.0 Å². The number of methoxy groups -OCH3 is 1. The van der Waals surface area contributed by atoms with Crippen LogP contribution in [0, 0.1) is 0 Å². The molecule has 7 nitrogen and oxygen atoms in total. The van der Waals surface area contributed by atoms with Crippen molar-refractivity contribution in [2.75, 3.05) is 13.7 Å². The lowest BCUT2D eigenvalue weighted by Crippen LogP contribution is -2.29. The topological polar surface area (TPSA) is 93.1 Å². The molecule has 1 amide bonds. The molecule has 4 rings (SSSR count). The van der Waals surface area contributed by atoms with Crippen LogP contribution in [0.1, 0.15) is 40.0 Å². The summed E-state index contributed by atoms with van der Waals surface area (Å²) in [5, 5.41) is 11.6. The first-order valence-corrected chi connectivity index (χ1v) is 11.7. The smallest absolute Gasteiger partial charge is 0.338 e. The SMILES string of the molecule is CCOC(=O)c1ccc(CN2C(=O)C(=O)/C(=C(/O)c3cc(Cl)ccc3OC)C2c2ccccc2)cc1. The highest BCUT2D eigenvalue weighted by Gasteiger charge is 2.46. The lowest BCUT2D eigenvalue weighted by Gasteiger charge is -2.25. The zero-order chi connectivity index (χ0) is 25.8. The molecular weight excluding hydrogens is 482 g/mol. The Morgan fingerprint density at radius 2 is 1.72 bits per heavy atom. The summed E-state index contributed by atoms with van der Waals surface area (Å²) in [5.74, 6) is -2.07. The molecule has 1 heterocycles. The van der Waals surface area contributed by atoms with E-state index < -0.39 is 23.7 Å². The number of aliphatic hydroxyl groups excluding tert-OH is 1. The van der Waals surface area contributed by atoms with Gasteiger partial charge in [-0.2, -0.15) is 0 Å². The van der Waals surface area contributed by atoms with Crippen molar-refractivity contribution in [2.24, 2.45) is 0 Å². The van der Waals surface area contributed by atoms with Crippen molar-refractivity contribution >= 4 is 35.0 Å². The van der Waals surface area contributed by atoms with Gasteiger partial charge in [0.2, 0.25) is 0 Å². The van der Waals surface area contributed by atoms with Crippen LogP contribution in [0.2, 0.25) is 5.02 Å². The number of halogens is 1. The van der Waals surface area contributed by atoms with Gasteiger partial charge in [0.1, 0.15) is 11.5 Å². The van der Waals surface area contributed by atoms with E-state index in [0.717, 1.165) is 0 Å². The fraction of sp³-hybridized carbons (Fsp3) is 0.179. The fourth-order valence-electron chi connectivity index (χ4n) is 4.19. The number of hydrogen-bond donors (Lipinski definition) is 1. The summed E-state index contributed by atoms with van der Waals surface area (Å²) < 4.78 is 10.4. The second-order valence-electron chi connectivity index (χ2n) is 8.10. The Labute approximate surface area is 213 Å². The van der Waals surface area contributed by atoms with Crippen LogP contribution in [0.25, 0.3) is 5.76 Å². The fourth-order valence-corrected chi connectivity index (χ4v) is 4.36. The molecule has 0 aliphatic carbocycles. The second kappa shape index (κ2) is 10.7. The van der Waals surface area contributed by atoms with Gasteiger partial charge >= 0.3 is 5.97 Å². The molecule has 0 bridgehead atoms. The molecule has 36 heavy (non-hydrogen) atoms. The third-order valence-corrected chi connectivity index (χ3v) is 6.13. The van der Waals surface area contributed by atoms with Gasteiger partial charge < -0.3 is 19.5 Å². The quantitative estimate of drug-likeness (QED) is 0.207. The molecule has 0 saturated carbocycles. The van der Waals surface area contributed by atoms with E-state index in [1.54, 1.807) is 67.6 Å². The van der Waals surface area contributed by atoms with E-state index in [1.807, 2.05) is 6.07 Å². The molecule has 1 atom stereocenters. The van der Waals surface area contributed by atoms with Crippen molar-refractivity contribution in [3.8, 4) is 5.75 Å². The molecule has 1 aliphatic rings. The predicted molar refractivity (Wildman–Crippen MR) is 135 cm³/mol. The molecule has 1 saturated heterocycles. The van der Waals surface area contributed by atoms with Crippen molar-refractivity contribution < 1.29 is 29.0 Å². The Morgan fingerprint density at radius 1 is 1.03 bits per heavy atom. The maximum absolute atomic E-state index is 13.3. The number of hydrogen-bond acceptors (Lipinski definition) is 6. The van der Waals surface area contributed by atoms with Crippen LogP contribution in [0.5, 0.6) is 5.75 Å². The zero-order valence-corrected chi connectivity index (χ0v) is 20.5. The summed E-state index contributed by atoms with van der Waals surface area (Å²) >= 11 is 6.15. The normalized spacial score (nSPS) is 16.8. The van der Waals surface area contributed by atoms with Crippen LogP contribution < -0.4 is 4.74 Å². The van der Waals surface area contributed by atoms with Crippen molar-refractivity contribution in [1.82, 2.24) is 4.90 Å². The van der Waals surface area contributed by atoms with Crippen molar-refractivity contribution in [2.45, 2.75) is 19.5 Å². The number of aliphatic hydroxyl groups is 1. The number of Topliss-reactive ketones (excluding diaryl/α,β-unsaturated/α-hetero) is 1. The highest BCUT2D eigenvalue weighted by Crippen LogP contribution is 2.42. The highest BCUT2D eigenvalue weighted by atomic mass is 35.5. The van der Waals surface area contributed by atoms with E-state index in [2.05, 4.69) is 0 Å². The molecule has 1 N–H and O–H groups in total. The minimum Gasteiger partial charge on any atom is -0.507 e. The monoisotopic (exact) mass is 505 g/mol. The van der Waals surface area contributed by atoms with E-state index in [0.29, 0.717) is 27.5 Å². The molecule has 0 radical (unpaired) electrons. The largest absolute Gasteiger partial charge is 0.507 e. The van der Waals surface area contributed by atoms with Crippen LogP contribution in [-0.2, 0) is 20.9 Å². The predicted octanol–water partition coefficient (Wildman–Crippen LogP) is 5.15. The maximum Gasteiger partial charge on any atom is 0.338 e. The summed E-state index contributed by atoms with van der Waals surface area (Å²) in [7, 11) is 1.44. The van der Waals surface area contributed by atoms with Gasteiger partial charge in [-0.15, -0.1) is 0 Å². The number of ether oxygens (including phenoxy) is 2. The molecule has 0 aromatic heterocycles. The summed E-state index contributed by atoms with van der Waals surface area (Å²) in [6, 6.07) is 19.4. The molecule has 1 fully saturated rings. The maximum atomic E-state index is 13.3. The molecule has 184 valence electrons. The third kappa shape index (κ3) is 4.83. The van der Waals surface area contributed by atoms with Crippen molar-refractivity contribution in [3.63, 3.8) is 0 Å². The number of nitrogens with zero attached hydrogens (tertiary/aromatic N) is 1. The average molecular weight is 506 g/mol. The number of likely N-dealkylation sites (tertiary alicyclic amines) is 1. The minimum atomic E-state index is -0.848. The van der Waals surface area contributed by atoms with Gasteiger partial charge in [-0.05, 0) is 48.4 Å².